The molecule has 1 atom stereocenters. The van der Waals surface area contributed by atoms with E-state index in [-0.39, 0.29) is 11.9 Å². The first-order chi connectivity index (χ1) is 10.7. The molecular weight excluding hydrogens is 272 g/mol. The number of benzene rings is 1. The van der Waals surface area contributed by atoms with Crippen molar-refractivity contribution in [2.75, 3.05) is 26.2 Å². The summed E-state index contributed by atoms with van der Waals surface area (Å²) in [5.74, 6) is 1.04. The van der Waals surface area contributed by atoms with Crippen molar-refractivity contribution in [1.82, 2.24) is 9.80 Å². The molecule has 0 saturated carbocycles. The third kappa shape index (κ3) is 4.33. The minimum absolute atomic E-state index is 0.0255. The first-order valence-electron chi connectivity index (χ1n) is 8.72. The third-order valence-electron chi connectivity index (χ3n) is 5.00. The van der Waals surface area contributed by atoms with E-state index >= 15 is 0 Å². The van der Waals surface area contributed by atoms with Crippen LogP contribution in [0.2, 0.25) is 0 Å². The smallest absolute Gasteiger partial charge is 0.239 e. The van der Waals surface area contributed by atoms with Crippen LogP contribution in [0.4, 0.5) is 0 Å². The Kier molecular flexibility index (Phi) is 6.44. The summed E-state index contributed by atoms with van der Waals surface area (Å²) in [7, 11) is 0. The lowest BCUT2D eigenvalue weighted by Gasteiger charge is -2.37. The van der Waals surface area contributed by atoms with Crippen molar-refractivity contribution in [3.8, 4) is 0 Å². The number of carbonyl (C=O) groups is 1. The van der Waals surface area contributed by atoms with Gasteiger partial charge in [-0.3, -0.25) is 9.69 Å². The van der Waals surface area contributed by atoms with Crippen LogP contribution in [0.5, 0.6) is 0 Å². The number of amides is 1. The van der Waals surface area contributed by atoms with Crippen molar-refractivity contribution in [2.45, 2.75) is 46.1 Å². The molecule has 1 aliphatic rings. The van der Waals surface area contributed by atoms with Gasteiger partial charge in [-0.05, 0) is 64.6 Å². The topological polar surface area (TPSA) is 23.6 Å². The van der Waals surface area contributed by atoms with E-state index in [1.807, 2.05) is 4.90 Å². The minimum Gasteiger partial charge on any atom is -0.342 e. The summed E-state index contributed by atoms with van der Waals surface area (Å²) >= 11 is 0. The fourth-order valence-electron chi connectivity index (χ4n) is 3.45. The van der Waals surface area contributed by atoms with Crippen LogP contribution in [0.1, 0.15) is 39.2 Å². The molecule has 1 saturated heterocycles. The summed E-state index contributed by atoms with van der Waals surface area (Å²) in [6.07, 6.45) is 3.57. The van der Waals surface area contributed by atoms with E-state index in [9.17, 15) is 4.79 Å². The van der Waals surface area contributed by atoms with Crippen molar-refractivity contribution < 1.29 is 4.79 Å². The van der Waals surface area contributed by atoms with Crippen LogP contribution in [-0.2, 0) is 11.2 Å². The standard InChI is InChI=1S/C19H30N2O/c1-4-20(5-2)19(22)16(3)21-13-11-18(12-14-21)15-17-9-7-6-8-10-17/h6-10,16,18H,4-5,11-15H2,1-3H3. The van der Waals surface area contributed by atoms with E-state index in [1.165, 1.54) is 24.8 Å². The lowest BCUT2D eigenvalue weighted by atomic mass is 9.89. The number of rotatable bonds is 6. The third-order valence-corrected chi connectivity index (χ3v) is 5.00. The maximum Gasteiger partial charge on any atom is 0.239 e. The average Bonchev–Trinajstić information content (AvgIpc) is 2.57. The number of piperidine rings is 1. The van der Waals surface area contributed by atoms with Gasteiger partial charge in [-0.2, -0.15) is 0 Å². The summed E-state index contributed by atoms with van der Waals surface area (Å²) < 4.78 is 0. The molecule has 1 amide bonds. The van der Waals surface area contributed by atoms with Crippen molar-refractivity contribution in [3.05, 3.63) is 35.9 Å². The Morgan fingerprint density at radius 3 is 2.32 bits per heavy atom. The summed E-state index contributed by atoms with van der Waals surface area (Å²) in [4.78, 5) is 16.8. The van der Waals surface area contributed by atoms with E-state index in [0.717, 1.165) is 32.1 Å². The van der Waals surface area contributed by atoms with Crippen molar-refractivity contribution in [2.24, 2.45) is 5.92 Å². The molecule has 22 heavy (non-hydrogen) atoms. The first-order valence-corrected chi connectivity index (χ1v) is 8.72. The summed E-state index contributed by atoms with van der Waals surface area (Å²) in [5.41, 5.74) is 1.44. The Morgan fingerprint density at radius 1 is 1.18 bits per heavy atom. The van der Waals surface area contributed by atoms with Crippen LogP contribution in [0.25, 0.3) is 0 Å². The molecule has 0 radical (unpaired) electrons. The number of hydrogen-bond donors (Lipinski definition) is 0. The second kappa shape index (κ2) is 8.33. The van der Waals surface area contributed by atoms with Gasteiger partial charge in [-0.1, -0.05) is 30.3 Å². The Hall–Kier alpha value is -1.35. The molecule has 0 aromatic heterocycles. The van der Waals surface area contributed by atoms with Crippen LogP contribution in [-0.4, -0.2) is 47.9 Å². The highest BCUT2D eigenvalue weighted by atomic mass is 16.2. The molecule has 122 valence electrons. The summed E-state index contributed by atoms with van der Waals surface area (Å²) in [6.45, 7) is 9.89. The van der Waals surface area contributed by atoms with Gasteiger partial charge >= 0.3 is 0 Å². The molecular formula is C19H30N2O. The van der Waals surface area contributed by atoms with Crippen LogP contribution >= 0.6 is 0 Å². The monoisotopic (exact) mass is 302 g/mol. The van der Waals surface area contributed by atoms with Gasteiger partial charge in [0.15, 0.2) is 0 Å². The largest absolute Gasteiger partial charge is 0.342 e. The van der Waals surface area contributed by atoms with Crippen LogP contribution in [0.15, 0.2) is 30.3 Å². The normalized spacial score (nSPS) is 18.1. The quantitative estimate of drug-likeness (QED) is 0.805. The lowest BCUT2D eigenvalue weighted by Crippen LogP contribution is -2.49. The van der Waals surface area contributed by atoms with Gasteiger partial charge < -0.3 is 4.90 Å². The second-order valence-electron chi connectivity index (χ2n) is 6.36. The molecule has 1 aliphatic heterocycles. The second-order valence-corrected chi connectivity index (χ2v) is 6.36. The molecule has 0 spiro atoms. The van der Waals surface area contributed by atoms with Gasteiger partial charge in [-0.15, -0.1) is 0 Å². The van der Waals surface area contributed by atoms with Crippen molar-refractivity contribution in [1.29, 1.82) is 0 Å². The lowest BCUT2D eigenvalue weighted by molar-refractivity contribution is -0.136. The molecule has 0 bridgehead atoms. The molecule has 0 aliphatic carbocycles. The molecule has 1 heterocycles. The molecule has 2 rings (SSSR count). The predicted octanol–water partition coefficient (Wildman–Crippen LogP) is 3.20. The Labute approximate surface area is 135 Å². The Bertz CT molecular complexity index is 448. The first kappa shape index (κ1) is 17.0. The van der Waals surface area contributed by atoms with E-state index in [1.54, 1.807) is 0 Å². The summed E-state index contributed by atoms with van der Waals surface area (Å²) in [6, 6.07) is 10.8. The Morgan fingerprint density at radius 2 is 1.77 bits per heavy atom. The zero-order chi connectivity index (χ0) is 15.9. The van der Waals surface area contributed by atoms with E-state index in [0.29, 0.717) is 0 Å². The zero-order valence-electron chi connectivity index (χ0n) is 14.3. The van der Waals surface area contributed by atoms with Gasteiger partial charge in [0.05, 0.1) is 6.04 Å². The Balaban J connectivity index is 1.82. The van der Waals surface area contributed by atoms with Crippen molar-refractivity contribution >= 4 is 5.91 Å². The SMILES string of the molecule is CCN(CC)C(=O)C(C)N1CCC(Cc2ccccc2)CC1. The average molecular weight is 302 g/mol. The van der Waals surface area contributed by atoms with Crippen LogP contribution in [0.3, 0.4) is 0 Å². The van der Waals surface area contributed by atoms with E-state index in [2.05, 4.69) is 56.0 Å². The molecule has 3 nitrogen and oxygen atoms in total. The van der Waals surface area contributed by atoms with Crippen LogP contribution in [0, 0.1) is 5.92 Å². The molecule has 0 N–H and O–H groups in total. The maximum atomic E-state index is 12.5. The summed E-state index contributed by atoms with van der Waals surface area (Å²) in [5, 5.41) is 0. The molecule has 1 aromatic rings. The fraction of sp³-hybridized carbons (Fsp3) is 0.632. The molecule has 1 unspecified atom stereocenters. The number of likely N-dealkylation sites (tertiary alicyclic amines) is 1. The van der Waals surface area contributed by atoms with Gasteiger partial charge in [-0.25, -0.2) is 0 Å². The number of carbonyl (C=O) groups excluding carboxylic acids is 1. The highest BCUT2D eigenvalue weighted by Crippen LogP contribution is 2.23. The molecule has 1 fully saturated rings. The number of likely N-dealkylation sites (N-methyl/N-ethyl adjacent to an activating group) is 1. The number of nitrogens with zero attached hydrogens (tertiary/aromatic N) is 2. The van der Waals surface area contributed by atoms with Gasteiger partial charge in [0.25, 0.3) is 0 Å². The zero-order valence-corrected chi connectivity index (χ0v) is 14.3. The van der Waals surface area contributed by atoms with Crippen LogP contribution < -0.4 is 0 Å². The van der Waals surface area contributed by atoms with Crippen molar-refractivity contribution in [3.63, 3.8) is 0 Å². The molecule has 1 aromatic carbocycles. The minimum atomic E-state index is 0.0255. The van der Waals surface area contributed by atoms with E-state index < -0.39 is 0 Å². The number of hydrogen-bond acceptors (Lipinski definition) is 2. The van der Waals surface area contributed by atoms with Gasteiger partial charge in [0.2, 0.25) is 5.91 Å². The fourth-order valence-corrected chi connectivity index (χ4v) is 3.45. The highest BCUT2D eigenvalue weighted by Gasteiger charge is 2.28. The van der Waals surface area contributed by atoms with Gasteiger partial charge in [0, 0.05) is 13.1 Å². The maximum absolute atomic E-state index is 12.5. The van der Waals surface area contributed by atoms with Gasteiger partial charge in [0.1, 0.15) is 0 Å². The molecule has 3 heteroatoms. The van der Waals surface area contributed by atoms with E-state index in [4.69, 9.17) is 0 Å². The predicted molar refractivity (Wildman–Crippen MR) is 91.8 cm³/mol. The highest BCUT2D eigenvalue weighted by molar-refractivity contribution is 5.81.